The van der Waals surface area contributed by atoms with Gasteiger partial charge in [-0.1, -0.05) is 34.1 Å². The summed E-state index contributed by atoms with van der Waals surface area (Å²) in [4.78, 5) is 13.8. The summed E-state index contributed by atoms with van der Waals surface area (Å²) < 4.78 is 5.77. The molecular weight excluding hydrogens is 306 g/mol. The number of likely N-dealkylation sites (tertiary alicyclic amines) is 1. The van der Waals surface area contributed by atoms with Crippen molar-refractivity contribution >= 4 is 32.8 Å². The van der Waals surface area contributed by atoms with Crippen LogP contribution in [-0.4, -0.2) is 29.2 Å². The van der Waals surface area contributed by atoms with Crippen LogP contribution < -0.4 is 0 Å². The van der Waals surface area contributed by atoms with E-state index in [-0.39, 0.29) is 5.91 Å². The molecule has 1 atom stereocenters. The average Bonchev–Trinajstić information content (AvgIpc) is 2.99. The number of rotatable bonds is 4. The smallest absolute Gasteiger partial charge is 0.222 e. The molecule has 1 aromatic carbocycles. The van der Waals surface area contributed by atoms with Gasteiger partial charge in [-0.25, -0.2) is 0 Å². The van der Waals surface area contributed by atoms with E-state index in [1.807, 2.05) is 29.2 Å². The highest BCUT2D eigenvalue weighted by atomic mass is 79.9. The predicted molar refractivity (Wildman–Crippen MR) is 78.4 cm³/mol. The standard InChI is InChI=1S/C15H16BrNO2/c16-9-11-7-15(18)17(10-11)6-5-13-8-12-3-1-2-4-14(12)19-13/h1-4,8,11H,5-7,9-10H2. The first-order valence-corrected chi connectivity index (χ1v) is 7.69. The first-order valence-electron chi connectivity index (χ1n) is 6.57. The highest BCUT2D eigenvalue weighted by Gasteiger charge is 2.28. The van der Waals surface area contributed by atoms with E-state index in [4.69, 9.17) is 4.42 Å². The lowest BCUT2D eigenvalue weighted by atomic mass is 10.2. The summed E-state index contributed by atoms with van der Waals surface area (Å²) >= 11 is 3.45. The van der Waals surface area contributed by atoms with Crippen LogP contribution in [0.15, 0.2) is 34.7 Å². The van der Waals surface area contributed by atoms with Gasteiger partial charge in [0.25, 0.3) is 0 Å². The minimum atomic E-state index is 0.264. The van der Waals surface area contributed by atoms with Gasteiger partial charge in [0.2, 0.25) is 5.91 Å². The zero-order chi connectivity index (χ0) is 13.2. The second-order valence-electron chi connectivity index (χ2n) is 5.06. The number of benzene rings is 1. The Labute approximate surface area is 120 Å². The minimum absolute atomic E-state index is 0.264. The average molecular weight is 322 g/mol. The van der Waals surface area contributed by atoms with Crippen molar-refractivity contribution in [1.82, 2.24) is 4.90 Å². The number of hydrogen-bond acceptors (Lipinski definition) is 2. The molecule has 3 nitrogen and oxygen atoms in total. The molecule has 1 aromatic heterocycles. The van der Waals surface area contributed by atoms with Crippen molar-refractivity contribution in [2.24, 2.45) is 5.92 Å². The summed E-state index contributed by atoms with van der Waals surface area (Å²) in [5.74, 6) is 1.68. The highest BCUT2D eigenvalue weighted by molar-refractivity contribution is 9.09. The van der Waals surface area contributed by atoms with Crippen molar-refractivity contribution in [3.8, 4) is 0 Å². The fraction of sp³-hybridized carbons (Fsp3) is 0.400. The largest absolute Gasteiger partial charge is 0.461 e. The predicted octanol–water partition coefficient (Wildman–Crippen LogP) is 3.22. The van der Waals surface area contributed by atoms with Crippen molar-refractivity contribution < 1.29 is 9.21 Å². The van der Waals surface area contributed by atoms with Gasteiger partial charge in [-0.05, 0) is 18.1 Å². The van der Waals surface area contributed by atoms with Crippen molar-refractivity contribution in [2.45, 2.75) is 12.8 Å². The molecule has 3 rings (SSSR count). The minimum Gasteiger partial charge on any atom is -0.461 e. The monoisotopic (exact) mass is 321 g/mol. The Bertz CT molecular complexity index is 560. The Kier molecular flexibility index (Phi) is 3.60. The summed E-state index contributed by atoms with van der Waals surface area (Å²) in [6.45, 7) is 1.62. The number of carbonyl (C=O) groups excluding carboxylic acids is 1. The lowest BCUT2D eigenvalue weighted by molar-refractivity contribution is -0.127. The molecular formula is C15H16BrNO2. The number of hydrogen-bond donors (Lipinski definition) is 0. The van der Waals surface area contributed by atoms with Gasteiger partial charge < -0.3 is 9.32 Å². The Morgan fingerprint density at radius 3 is 2.95 bits per heavy atom. The number of amides is 1. The number of furan rings is 1. The van der Waals surface area contributed by atoms with Crippen LogP contribution >= 0.6 is 15.9 Å². The second kappa shape index (κ2) is 5.37. The topological polar surface area (TPSA) is 33.5 Å². The van der Waals surface area contributed by atoms with E-state index in [0.29, 0.717) is 12.3 Å². The molecule has 0 saturated carbocycles. The summed E-state index contributed by atoms with van der Waals surface area (Å²) in [5, 5.41) is 2.03. The molecule has 1 saturated heterocycles. The third-order valence-electron chi connectivity index (χ3n) is 3.62. The number of halogens is 1. The van der Waals surface area contributed by atoms with Crippen LogP contribution in [0.25, 0.3) is 11.0 Å². The van der Waals surface area contributed by atoms with E-state index in [0.717, 1.165) is 41.6 Å². The maximum atomic E-state index is 11.8. The molecule has 1 fully saturated rings. The van der Waals surface area contributed by atoms with Gasteiger partial charge in [-0.2, -0.15) is 0 Å². The fourth-order valence-electron chi connectivity index (χ4n) is 2.58. The fourth-order valence-corrected chi connectivity index (χ4v) is 3.01. The van der Waals surface area contributed by atoms with E-state index in [2.05, 4.69) is 22.0 Å². The van der Waals surface area contributed by atoms with Gasteiger partial charge in [-0.15, -0.1) is 0 Å². The second-order valence-corrected chi connectivity index (χ2v) is 5.71. The van der Waals surface area contributed by atoms with Crippen LogP contribution in [0.2, 0.25) is 0 Å². The molecule has 2 aromatic rings. The SMILES string of the molecule is O=C1CC(CBr)CN1CCc1cc2ccccc2o1. The van der Waals surface area contributed by atoms with Crippen molar-refractivity contribution in [1.29, 1.82) is 0 Å². The van der Waals surface area contributed by atoms with Gasteiger partial charge in [0.15, 0.2) is 0 Å². The van der Waals surface area contributed by atoms with Gasteiger partial charge in [0, 0.05) is 36.6 Å². The molecule has 0 aliphatic carbocycles. The number of fused-ring (bicyclic) bond motifs is 1. The molecule has 19 heavy (non-hydrogen) atoms. The normalized spacial score (nSPS) is 19.5. The van der Waals surface area contributed by atoms with Crippen LogP contribution in [0.5, 0.6) is 0 Å². The molecule has 1 unspecified atom stereocenters. The first kappa shape index (κ1) is 12.7. The third-order valence-corrected chi connectivity index (χ3v) is 4.53. The molecule has 0 spiro atoms. The van der Waals surface area contributed by atoms with E-state index in [1.54, 1.807) is 0 Å². The van der Waals surface area contributed by atoms with Crippen LogP contribution in [0.4, 0.5) is 0 Å². The number of alkyl halides is 1. The Balaban J connectivity index is 1.64. The zero-order valence-corrected chi connectivity index (χ0v) is 12.2. The summed E-state index contributed by atoms with van der Waals surface area (Å²) in [6.07, 6.45) is 1.46. The summed E-state index contributed by atoms with van der Waals surface area (Å²) in [5.41, 5.74) is 0.920. The third kappa shape index (κ3) is 2.68. The molecule has 100 valence electrons. The Morgan fingerprint density at radius 1 is 1.37 bits per heavy atom. The number of para-hydroxylation sites is 1. The van der Waals surface area contributed by atoms with Crippen LogP contribution in [-0.2, 0) is 11.2 Å². The molecule has 0 N–H and O–H groups in total. The zero-order valence-electron chi connectivity index (χ0n) is 10.6. The van der Waals surface area contributed by atoms with Gasteiger partial charge in [0.1, 0.15) is 11.3 Å². The van der Waals surface area contributed by atoms with Gasteiger partial charge in [0.05, 0.1) is 0 Å². The van der Waals surface area contributed by atoms with Crippen molar-refractivity contribution in [2.75, 3.05) is 18.4 Å². The lowest BCUT2D eigenvalue weighted by Crippen LogP contribution is -2.27. The summed E-state index contributed by atoms with van der Waals surface area (Å²) in [7, 11) is 0. The van der Waals surface area contributed by atoms with Gasteiger partial charge >= 0.3 is 0 Å². The van der Waals surface area contributed by atoms with E-state index < -0.39 is 0 Å². The molecule has 0 bridgehead atoms. The first-order chi connectivity index (χ1) is 9.26. The van der Waals surface area contributed by atoms with Crippen LogP contribution in [0, 0.1) is 5.92 Å². The maximum absolute atomic E-state index is 11.8. The number of nitrogens with zero attached hydrogens (tertiary/aromatic N) is 1. The molecule has 1 aliphatic heterocycles. The van der Waals surface area contributed by atoms with E-state index in [9.17, 15) is 4.79 Å². The molecule has 1 aliphatic rings. The maximum Gasteiger partial charge on any atom is 0.222 e. The van der Waals surface area contributed by atoms with Crippen molar-refractivity contribution in [3.05, 3.63) is 36.1 Å². The molecule has 4 heteroatoms. The molecule has 2 heterocycles. The highest BCUT2D eigenvalue weighted by Crippen LogP contribution is 2.22. The number of carbonyl (C=O) groups is 1. The quantitative estimate of drug-likeness (QED) is 0.810. The van der Waals surface area contributed by atoms with E-state index >= 15 is 0 Å². The molecule has 0 radical (unpaired) electrons. The van der Waals surface area contributed by atoms with Crippen LogP contribution in [0.1, 0.15) is 12.2 Å². The Morgan fingerprint density at radius 2 is 2.21 bits per heavy atom. The summed E-state index contributed by atoms with van der Waals surface area (Å²) in [6, 6.07) is 10.1. The van der Waals surface area contributed by atoms with Crippen LogP contribution in [0.3, 0.4) is 0 Å². The van der Waals surface area contributed by atoms with Crippen molar-refractivity contribution in [3.63, 3.8) is 0 Å². The lowest BCUT2D eigenvalue weighted by Gasteiger charge is -2.15. The van der Waals surface area contributed by atoms with E-state index in [1.165, 1.54) is 0 Å². The van der Waals surface area contributed by atoms with Gasteiger partial charge in [-0.3, -0.25) is 4.79 Å². The molecule has 1 amide bonds. The Hall–Kier alpha value is -1.29.